The third-order valence-corrected chi connectivity index (χ3v) is 6.20. The summed E-state index contributed by atoms with van der Waals surface area (Å²) >= 11 is 1.48. The number of hydrogen-bond donors (Lipinski definition) is 0. The fraction of sp³-hybridized carbons (Fsp3) is 0.273. The van der Waals surface area contributed by atoms with Crippen molar-refractivity contribution in [2.45, 2.75) is 19.8 Å². The molecule has 0 saturated carbocycles. The number of aryl methyl sites for hydroxylation is 1. The second-order valence-corrected chi connectivity index (χ2v) is 7.83. The summed E-state index contributed by atoms with van der Waals surface area (Å²) in [5.41, 5.74) is 1.79. The molecule has 1 fully saturated rings. The maximum Gasteiger partial charge on any atom is 0.264 e. The third-order valence-electron chi connectivity index (χ3n) is 5.19. The highest BCUT2D eigenvalue weighted by Gasteiger charge is 2.30. The molecule has 1 saturated heterocycles. The number of Topliss-reactive ketones (excluding diaryl/α,β-unsaturated/α-hetero) is 1. The Kier molecular flexibility index (Phi) is 4.60. The molecule has 1 atom stereocenters. The number of amides is 1. The minimum atomic E-state index is -0.126. The zero-order valence-corrected chi connectivity index (χ0v) is 15.6. The SMILES string of the molecule is Cc1ccsc1C(=O)N1CCC[C@@H](C(=O)c2cccc3ccccc23)C1. The van der Waals surface area contributed by atoms with Gasteiger partial charge in [-0.05, 0) is 47.5 Å². The molecule has 26 heavy (non-hydrogen) atoms. The van der Waals surface area contributed by atoms with E-state index in [0.29, 0.717) is 6.54 Å². The van der Waals surface area contributed by atoms with Gasteiger partial charge in [-0.25, -0.2) is 0 Å². The van der Waals surface area contributed by atoms with Gasteiger partial charge in [0.25, 0.3) is 5.91 Å². The molecule has 0 unspecified atom stereocenters. The topological polar surface area (TPSA) is 37.4 Å². The van der Waals surface area contributed by atoms with E-state index in [9.17, 15) is 9.59 Å². The van der Waals surface area contributed by atoms with Gasteiger partial charge in [0.05, 0.1) is 4.88 Å². The van der Waals surface area contributed by atoms with E-state index >= 15 is 0 Å². The largest absolute Gasteiger partial charge is 0.337 e. The smallest absolute Gasteiger partial charge is 0.264 e. The van der Waals surface area contributed by atoms with Crippen LogP contribution < -0.4 is 0 Å². The minimum absolute atomic E-state index is 0.0629. The molecule has 2 heterocycles. The van der Waals surface area contributed by atoms with Crippen molar-refractivity contribution in [2.75, 3.05) is 13.1 Å². The number of rotatable bonds is 3. The fourth-order valence-electron chi connectivity index (χ4n) is 3.77. The molecule has 0 spiro atoms. The highest BCUT2D eigenvalue weighted by atomic mass is 32.1. The van der Waals surface area contributed by atoms with E-state index in [1.807, 2.05) is 65.7 Å². The lowest BCUT2D eigenvalue weighted by Crippen LogP contribution is -2.42. The summed E-state index contributed by atoms with van der Waals surface area (Å²) in [7, 11) is 0. The van der Waals surface area contributed by atoms with Crippen molar-refractivity contribution in [3.05, 3.63) is 69.9 Å². The average molecular weight is 363 g/mol. The Morgan fingerprint density at radius 3 is 2.69 bits per heavy atom. The maximum absolute atomic E-state index is 13.2. The van der Waals surface area contributed by atoms with Gasteiger partial charge in [0.2, 0.25) is 0 Å². The molecule has 4 heteroatoms. The molecule has 0 aliphatic carbocycles. The van der Waals surface area contributed by atoms with Crippen LogP contribution >= 0.6 is 11.3 Å². The van der Waals surface area contributed by atoms with Gasteiger partial charge in [0.1, 0.15) is 0 Å². The summed E-state index contributed by atoms with van der Waals surface area (Å²) in [6.07, 6.45) is 1.71. The van der Waals surface area contributed by atoms with Crippen LogP contribution in [0.25, 0.3) is 10.8 Å². The monoisotopic (exact) mass is 363 g/mol. The predicted octanol–water partition coefficient (Wildman–Crippen LogP) is 4.94. The van der Waals surface area contributed by atoms with Crippen LogP contribution in [0.2, 0.25) is 0 Å². The van der Waals surface area contributed by atoms with Gasteiger partial charge >= 0.3 is 0 Å². The van der Waals surface area contributed by atoms with E-state index in [1.54, 1.807) is 0 Å². The molecule has 2 aromatic carbocycles. The van der Waals surface area contributed by atoms with Gasteiger partial charge in [-0.3, -0.25) is 9.59 Å². The summed E-state index contributed by atoms with van der Waals surface area (Å²) in [6, 6.07) is 15.8. The molecular weight excluding hydrogens is 342 g/mol. The van der Waals surface area contributed by atoms with Crippen molar-refractivity contribution in [2.24, 2.45) is 5.92 Å². The van der Waals surface area contributed by atoms with Crippen LogP contribution in [0.5, 0.6) is 0 Å². The first-order valence-electron chi connectivity index (χ1n) is 9.00. The van der Waals surface area contributed by atoms with Crippen LogP contribution in [-0.4, -0.2) is 29.7 Å². The fourth-order valence-corrected chi connectivity index (χ4v) is 4.66. The maximum atomic E-state index is 13.2. The highest BCUT2D eigenvalue weighted by Crippen LogP contribution is 2.27. The second-order valence-electron chi connectivity index (χ2n) is 6.91. The van der Waals surface area contributed by atoms with Gasteiger partial charge in [-0.2, -0.15) is 0 Å². The zero-order chi connectivity index (χ0) is 18.1. The van der Waals surface area contributed by atoms with Crippen molar-refractivity contribution in [1.29, 1.82) is 0 Å². The van der Waals surface area contributed by atoms with Crippen LogP contribution in [0.3, 0.4) is 0 Å². The number of carbonyl (C=O) groups is 2. The van der Waals surface area contributed by atoms with E-state index in [2.05, 4.69) is 0 Å². The molecule has 1 aliphatic heterocycles. The van der Waals surface area contributed by atoms with E-state index in [4.69, 9.17) is 0 Å². The molecular formula is C22H21NO2S. The number of carbonyl (C=O) groups excluding carboxylic acids is 2. The van der Waals surface area contributed by atoms with E-state index in [0.717, 1.165) is 46.2 Å². The molecule has 4 rings (SSSR count). The molecule has 0 radical (unpaired) electrons. The Bertz CT molecular complexity index is 970. The average Bonchev–Trinajstić information content (AvgIpc) is 3.12. The van der Waals surface area contributed by atoms with Crippen molar-refractivity contribution in [3.8, 4) is 0 Å². The van der Waals surface area contributed by atoms with Gasteiger partial charge in [0.15, 0.2) is 5.78 Å². The number of piperidine rings is 1. The lowest BCUT2D eigenvalue weighted by atomic mass is 9.88. The minimum Gasteiger partial charge on any atom is -0.337 e. The number of nitrogens with zero attached hydrogens (tertiary/aromatic N) is 1. The molecule has 1 amide bonds. The molecule has 1 aromatic heterocycles. The second kappa shape index (κ2) is 7.04. The van der Waals surface area contributed by atoms with Gasteiger partial charge in [-0.1, -0.05) is 42.5 Å². The van der Waals surface area contributed by atoms with Crippen molar-refractivity contribution in [3.63, 3.8) is 0 Å². The Morgan fingerprint density at radius 2 is 1.88 bits per heavy atom. The number of fused-ring (bicyclic) bond motifs is 1. The quantitative estimate of drug-likeness (QED) is 0.618. The number of likely N-dealkylation sites (tertiary alicyclic amines) is 1. The van der Waals surface area contributed by atoms with Gasteiger partial charge < -0.3 is 4.90 Å². The first-order chi connectivity index (χ1) is 12.6. The first kappa shape index (κ1) is 17.0. The van der Waals surface area contributed by atoms with E-state index in [-0.39, 0.29) is 17.6 Å². The molecule has 3 nitrogen and oxygen atoms in total. The van der Waals surface area contributed by atoms with Crippen LogP contribution in [0.1, 0.15) is 38.4 Å². The summed E-state index contributed by atoms with van der Waals surface area (Å²) in [5, 5.41) is 4.03. The molecule has 0 bridgehead atoms. The number of thiophene rings is 1. The molecule has 0 N–H and O–H groups in total. The van der Waals surface area contributed by atoms with Crippen LogP contribution in [0, 0.1) is 12.8 Å². The number of ketones is 1. The van der Waals surface area contributed by atoms with Crippen molar-refractivity contribution >= 4 is 33.8 Å². The summed E-state index contributed by atoms with van der Waals surface area (Å²) in [5.74, 6) is 0.0916. The van der Waals surface area contributed by atoms with E-state index < -0.39 is 0 Å². The predicted molar refractivity (Wildman–Crippen MR) is 106 cm³/mol. The molecule has 1 aliphatic rings. The van der Waals surface area contributed by atoms with Crippen molar-refractivity contribution in [1.82, 2.24) is 4.90 Å². The highest BCUT2D eigenvalue weighted by molar-refractivity contribution is 7.12. The molecule has 3 aromatic rings. The Balaban J connectivity index is 1.58. The lowest BCUT2D eigenvalue weighted by molar-refractivity contribution is 0.0641. The van der Waals surface area contributed by atoms with E-state index in [1.165, 1.54) is 11.3 Å². The van der Waals surface area contributed by atoms with Crippen molar-refractivity contribution < 1.29 is 9.59 Å². The Hall–Kier alpha value is -2.46. The summed E-state index contributed by atoms with van der Waals surface area (Å²) in [6.45, 7) is 3.21. The summed E-state index contributed by atoms with van der Waals surface area (Å²) < 4.78 is 0. The first-order valence-corrected chi connectivity index (χ1v) is 9.88. The Labute approximate surface area is 157 Å². The normalized spacial score (nSPS) is 17.4. The van der Waals surface area contributed by atoms with Crippen LogP contribution in [0.4, 0.5) is 0 Å². The standard InChI is InChI=1S/C22H21NO2S/c1-15-11-13-26-21(15)22(25)23-12-5-8-17(14-23)20(24)19-10-4-7-16-6-2-3-9-18(16)19/h2-4,6-7,9-11,13,17H,5,8,12,14H2,1H3/t17-/m1/s1. The summed E-state index contributed by atoms with van der Waals surface area (Å²) in [4.78, 5) is 28.7. The van der Waals surface area contributed by atoms with Crippen LogP contribution in [0.15, 0.2) is 53.9 Å². The number of benzene rings is 2. The van der Waals surface area contributed by atoms with Gasteiger partial charge in [-0.15, -0.1) is 11.3 Å². The Morgan fingerprint density at radius 1 is 1.08 bits per heavy atom. The molecule has 132 valence electrons. The zero-order valence-electron chi connectivity index (χ0n) is 14.8. The third kappa shape index (κ3) is 3.06. The lowest BCUT2D eigenvalue weighted by Gasteiger charge is -2.32. The van der Waals surface area contributed by atoms with Gasteiger partial charge in [0, 0.05) is 24.6 Å². The van der Waals surface area contributed by atoms with Crippen LogP contribution in [-0.2, 0) is 0 Å². The number of hydrogen-bond acceptors (Lipinski definition) is 3.